The molecule has 3 heterocycles. The van der Waals surface area contributed by atoms with Gasteiger partial charge < -0.3 is 14.6 Å². The van der Waals surface area contributed by atoms with E-state index in [4.69, 9.17) is 4.42 Å². The third-order valence-electron chi connectivity index (χ3n) is 5.20. The zero-order valence-corrected chi connectivity index (χ0v) is 13.8. The fraction of sp³-hybridized carbons (Fsp3) is 0.647. The Morgan fingerprint density at radius 3 is 2.72 bits per heavy atom. The SMILES string of the molecule is O=C(NCc1ccco1)[C@@H]1CC(F)(F)CN1C1CN(C(=O)C2CC2)C1. The molecule has 1 atom stereocenters. The number of hydrogen-bond donors (Lipinski definition) is 1. The minimum atomic E-state index is -2.88. The van der Waals surface area contributed by atoms with Crippen LogP contribution in [0.5, 0.6) is 0 Å². The number of rotatable bonds is 5. The Balaban J connectivity index is 1.36. The molecule has 0 bridgehead atoms. The van der Waals surface area contributed by atoms with Crippen molar-refractivity contribution < 1.29 is 22.8 Å². The second-order valence-electron chi connectivity index (χ2n) is 7.22. The fourth-order valence-electron chi connectivity index (χ4n) is 3.61. The second kappa shape index (κ2) is 6.09. The van der Waals surface area contributed by atoms with Crippen LogP contribution in [0.15, 0.2) is 22.8 Å². The largest absolute Gasteiger partial charge is 0.467 e. The molecule has 1 aromatic heterocycles. The number of furan rings is 1. The van der Waals surface area contributed by atoms with Crippen LogP contribution >= 0.6 is 0 Å². The highest BCUT2D eigenvalue weighted by Gasteiger charge is 2.53. The minimum absolute atomic E-state index is 0.126. The van der Waals surface area contributed by atoms with Crippen LogP contribution in [0.4, 0.5) is 8.78 Å². The van der Waals surface area contributed by atoms with Gasteiger partial charge in [0.2, 0.25) is 11.8 Å². The van der Waals surface area contributed by atoms with Crippen LogP contribution in [0.1, 0.15) is 25.0 Å². The van der Waals surface area contributed by atoms with Gasteiger partial charge in [-0.25, -0.2) is 8.78 Å². The van der Waals surface area contributed by atoms with Crippen molar-refractivity contribution in [1.29, 1.82) is 0 Å². The molecule has 3 fully saturated rings. The molecule has 1 aliphatic carbocycles. The summed E-state index contributed by atoms with van der Waals surface area (Å²) in [5.74, 6) is -2.46. The van der Waals surface area contributed by atoms with Crippen molar-refractivity contribution in [2.75, 3.05) is 19.6 Å². The van der Waals surface area contributed by atoms with E-state index < -0.39 is 30.8 Å². The summed E-state index contributed by atoms with van der Waals surface area (Å²) in [5, 5.41) is 2.67. The number of carbonyl (C=O) groups excluding carboxylic acids is 2. The molecule has 1 saturated carbocycles. The van der Waals surface area contributed by atoms with Crippen LogP contribution in [-0.4, -0.2) is 59.3 Å². The summed E-state index contributed by atoms with van der Waals surface area (Å²) in [7, 11) is 0. The summed E-state index contributed by atoms with van der Waals surface area (Å²) in [4.78, 5) is 27.7. The molecule has 4 rings (SSSR count). The lowest BCUT2D eigenvalue weighted by Crippen LogP contribution is -2.64. The van der Waals surface area contributed by atoms with Gasteiger partial charge in [0.1, 0.15) is 5.76 Å². The van der Waals surface area contributed by atoms with Gasteiger partial charge in [0.05, 0.1) is 25.4 Å². The summed E-state index contributed by atoms with van der Waals surface area (Å²) >= 11 is 0. The van der Waals surface area contributed by atoms with Crippen LogP contribution in [0.2, 0.25) is 0 Å². The lowest BCUT2D eigenvalue weighted by atomic mass is 10.0. The number of nitrogens with one attached hydrogen (secondary N) is 1. The van der Waals surface area contributed by atoms with Crippen molar-refractivity contribution in [3.05, 3.63) is 24.2 Å². The Hall–Kier alpha value is -1.96. The van der Waals surface area contributed by atoms with Gasteiger partial charge in [0.25, 0.3) is 5.92 Å². The maximum atomic E-state index is 13.9. The van der Waals surface area contributed by atoms with Crippen LogP contribution in [0, 0.1) is 5.92 Å². The van der Waals surface area contributed by atoms with E-state index in [1.807, 2.05) is 0 Å². The zero-order chi connectivity index (χ0) is 17.6. The third-order valence-corrected chi connectivity index (χ3v) is 5.20. The lowest BCUT2D eigenvalue weighted by molar-refractivity contribution is -0.141. The highest BCUT2D eigenvalue weighted by molar-refractivity contribution is 5.83. The van der Waals surface area contributed by atoms with Crippen LogP contribution in [-0.2, 0) is 16.1 Å². The van der Waals surface area contributed by atoms with Crippen molar-refractivity contribution in [1.82, 2.24) is 15.1 Å². The van der Waals surface area contributed by atoms with E-state index in [0.717, 1.165) is 12.8 Å². The molecule has 3 aliphatic rings. The molecule has 1 N–H and O–H groups in total. The summed E-state index contributed by atoms with van der Waals surface area (Å²) in [6, 6.07) is 2.38. The van der Waals surface area contributed by atoms with E-state index in [-0.39, 0.29) is 24.4 Å². The van der Waals surface area contributed by atoms with Gasteiger partial charge in [-0.1, -0.05) is 0 Å². The van der Waals surface area contributed by atoms with Crippen molar-refractivity contribution in [2.45, 2.75) is 43.8 Å². The lowest BCUT2D eigenvalue weighted by Gasteiger charge is -2.45. The topological polar surface area (TPSA) is 65.8 Å². The monoisotopic (exact) mass is 353 g/mol. The van der Waals surface area contributed by atoms with Crippen molar-refractivity contribution in [2.24, 2.45) is 5.92 Å². The number of carbonyl (C=O) groups is 2. The molecule has 1 aromatic rings. The molecule has 136 valence electrons. The predicted molar refractivity (Wildman–Crippen MR) is 83.7 cm³/mol. The van der Waals surface area contributed by atoms with E-state index in [2.05, 4.69) is 5.32 Å². The molecule has 0 spiro atoms. The van der Waals surface area contributed by atoms with Crippen LogP contribution in [0.25, 0.3) is 0 Å². The Morgan fingerprint density at radius 1 is 1.32 bits per heavy atom. The molecule has 0 radical (unpaired) electrons. The summed E-state index contributed by atoms with van der Waals surface area (Å²) in [6.07, 6.45) is 2.88. The molecule has 0 aromatic carbocycles. The van der Waals surface area contributed by atoms with Gasteiger partial charge >= 0.3 is 0 Å². The van der Waals surface area contributed by atoms with Crippen molar-refractivity contribution in [3.8, 4) is 0 Å². The van der Waals surface area contributed by atoms with Crippen LogP contribution < -0.4 is 5.32 Å². The number of nitrogens with zero attached hydrogens (tertiary/aromatic N) is 2. The summed E-state index contributed by atoms with van der Waals surface area (Å²) in [6.45, 7) is 0.626. The number of amides is 2. The molecular formula is C17H21F2N3O3. The summed E-state index contributed by atoms with van der Waals surface area (Å²) in [5.41, 5.74) is 0. The molecule has 8 heteroatoms. The van der Waals surface area contributed by atoms with Crippen molar-refractivity contribution >= 4 is 11.8 Å². The fourth-order valence-corrected chi connectivity index (χ4v) is 3.61. The van der Waals surface area contributed by atoms with Gasteiger partial charge in [0, 0.05) is 31.5 Å². The number of alkyl halides is 2. The van der Waals surface area contributed by atoms with Gasteiger partial charge in [0.15, 0.2) is 0 Å². The Bertz CT molecular complexity index is 654. The Labute approximate surface area is 144 Å². The minimum Gasteiger partial charge on any atom is -0.467 e. The average Bonchev–Trinajstić information content (AvgIpc) is 3.14. The first-order valence-electron chi connectivity index (χ1n) is 8.65. The molecule has 6 nitrogen and oxygen atoms in total. The number of likely N-dealkylation sites (tertiary alicyclic amines) is 2. The standard InChI is InChI=1S/C17H21F2N3O3/c18-17(19)6-14(15(23)20-7-13-2-1-5-25-13)22(10-17)12-8-21(9-12)16(24)11-3-4-11/h1-2,5,11-12,14H,3-4,6-10H2,(H,20,23)/t14-/m0/s1. The smallest absolute Gasteiger partial charge is 0.262 e. The van der Waals surface area contributed by atoms with Crippen molar-refractivity contribution in [3.63, 3.8) is 0 Å². The van der Waals surface area contributed by atoms with E-state index in [0.29, 0.717) is 18.8 Å². The van der Waals surface area contributed by atoms with Gasteiger partial charge in [-0.05, 0) is 25.0 Å². The van der Waals surface area contributed by atoms with Gasteiger partial charge in [-0.3, -0.25) is 14.5 Å². The average molecular weight is 353 g/mol. The second-order valence-corrected chi connectivity index (χ2v) is 7.22. The maximum absolute atomic E-state index is 13.9. The zero-order valence-electron chi connectivity index (χ0n) is 13.8. The molecule has 2 amide bonds. The quantitative estimate of drug-likeness (QED) is 0.865. The van der Waals surface area contributed by atoms with E-state index in [1.54, 1.807) is 21.9 Å². The predicted octanol–water partition coefficient (Wildman–Crippen LogP) is 1.23. The molecule has 2 saturated heterocycles. The Kier molecular flexibility index (Phi) is 4.02. The molecule has 0 unspecified atom stereocenters. The molecule has 25 heavy (non-hydrogen) atoms. The van der Waals surface area contributed by atoms with E-state index in [9.17, 15) is 18.4 Å². The van der Waals surface area contributed by atoms with Gasteiger partial charge in [-0.15, -0.1) is 0 Å². The first kappa shape index (κ1) is 16.5. The number of halogens is 2. The third kappa shape index (κ3) is 3.40. The molecular weight excluding hydrogens is 332 g/mol. The van der Waals surface area contributed by atoms with Crippen LogP contribution in [0.3, 0.4) is 0 Å². The Morgan fingerprint density at radius 2 is 2.08 bits per heavy atom. The maximum Gasteiger partial charge on any atom is 0.262 e. The first-order valence-corrected chi connectivity index (χ1v) is 8.65. The highest BCUT2D eigenvalue weighted by atomic mass is 19.3. The normalized spacial score (nSPS) is 26.5. The van der Waals surface area contributed by atoms with E-state index >= 15 is 0 Å². The van der Waals surface area contributed by atoms with E-state index in [1.165, 1.54) is 6.26 Å². The highest BCUT2D eigenvalue weighted by Crippen LogP contribution is 2.37. The summed E-state index contributed by atoms with van der Waals surface area (Å²) < 4.78 is 33.0. The first-order chi connectivity index (χ1) is 11.9. The molecule has 2 aliphatic heterocycles. The number of hydrogen-bond acceptors (Lipinski definition) is 4. The van der Waals surface area contributed by atoms with Gasteiger partial charge in [-0.2, -0.15) is 0 Å².